The number of hydrogen-bond acceptors (Lipinski definition) is 2. The molecule has 2 heteroatoms. The highest BCUT2D eigenvalue weighted by Crippen LogP contribution is 2.39. The van der Waals surface area contributed by atoms with E-state index in [0.717, 1.165) is 12.2 Å². The molecule has 0 radical (unpaired) electrons. The van der Waals surface area contributed by atoms with Gasteiger partial charge < -0.3 is 10.1 Å². The van der Waals surface area contributed by atoms with E-state index in [1.54, 1.807) is 18.2 Å². The Morgan fingerprint density at radius 1 is 1.09 bits per heavy atom. The lowest BCUT2D eigenvalue weighted by Crippen LogP contribution is -2.43. The quantitative estimate of drug-likeness (QED) is 0.923. The Morgan fingerprint density at radius 3 is 2.78 bits per heavy atom. The molecule has 2 aliphatic rings. The minimum atomic E-state index is 0.688. The fourth-order valence-electron chi connectivity index (χ4n) is 4.39. The maximum absolute atomic E-state index is 5.27. The van der Waals surface area contributed by atoms with E-state index in [-0.39, 0.29) is 0 Å². The van der Waals surface area contributed by atoms with E-state index >= 15 is 0 Å². The molecule has 0 aromatic heterocycles. The van der Waals surface area contributed by atoms with E-state index in [4.69, 9.17) is 4.74 Å². The fraction of sp³-hybridized carbons (Fsp3) is 0.429. The van der Waals surface area contributed by atoms with E-state index in [0.29, 0.717) is 12.0 Å². The molecular weight excluding hydrogens is 282 g/mol. The van der Waals surface area contributed by atoms with Gasteiger partial charge in [-0.05, 0) is 79.0 Å². The van der Waals surface area contributed by atoms with Crippen LogP contribution in [-0.2, 0) is 12.8 Å². The Morgan fingerprint density at radius 2 is 1.96 bits per heavy atom. The van der Waals surface area contributed by atoms with Crippen LogP contribution in [0, 0.1) is 0 Å². The number of aryl methyl sites for hydroxylation is 1. The SMILES string of the molecule is COc1ccc(Cc2cccc3c2[C@@H]2CCCN[C@@H]2CC3)cc1. The molecule has 1 N–H and O–H groups in total. The highest BCUT2D eigenvalue weighted by molar-refractivity contribution is 5.44. The molecule has 0 spiro atoms. The first kappa shape index (κ1) is 14.8. The summed E-state index contributed by atoms with van der Waals surface area (Å²) in [6.45, 7) is 1.19. The maximum Gasteiger partial charge on any atom is 0.118 e. The minimum absolute atomic E-state index is 0.688. The van der Waals surface area contributed by atoms with Gasteiger partial charge in [0.2, 0.25) is 0 Å². The van der Waals surface area contributed by atoms with Crippen LogP contribution in [0.15, 0.2) is 42.5 Å². The third-order valence-corrected chi connectivity index (χ3v) is 5.52. The molecular formula is C21H25NO. The van der Waals surface area contributed by atoms with Crippen LogP contribution >= 0.6 is 0 Å². The molecule has 120 valence electrons. The van der Waals surface area contributed by atoms with Crippen LogP contribution in [-0.4, -0.2) is 19.7 Å². The molecule has 2 atom stereocenters. The van der Waals surface area contributed by atoms with Crippen LogP contribution in [0.3, 0.4) is 0 Å². The van der Waals surface area contributed by atoms with Gasteiger partial charge in [-0.2, -0.15) is 0 Å². The number of ether oxygens (including phenoxy) is 1. The summed E-state index contributed by atoms with van der Waals surface area (Å²) in [7, 11) is 1.72. The van der Waals surface area contributed by atoms with Gasteiger partial charge in [-0.1, -0.05) is 30.3 Å². The van der Waals surface area contributed by atoms with Crippen LogP contribution in [0.5, 0.6) is 5.75 Å². The van der Waals surface area contributed by atoms with E-state index in [1.807, 2.05) is 0 Å². The Kier molecular flexibility index (Phi) is 4.09. The summed E-state index contributed by atoms with van der Waals surface area (Å²) in [5.74, 6) is 1.64. The molecule has 0 amide bonds. The molecule has 23 heavy (non-hydrogen) atoms. The van der Waals surface area contributed by atoms with Crippen LogP contribution in [0.25, 0.3) is 0 Å². The molecule has 1 aliphatic heterocycles. The van der Waals surface area contributed by atoms with Gasteiger partial charge in [-0.3, -0.25) is 0 Å². The van der Waals surface area contributed by atoms with Crippen molar-refractivity contribution >= 4 is 0 Å². The Balaban J connectivity index is 1.66. The molecule has 1 aliphatic carbocycles. The Hall–Kier alpha value is -1.80. The maximum atomic E-state index is 5.27. The summed E-state index contributed by atoms with van der Waals surface area (Å²) < 4.78 is 5.27. The number of benzene rings is 2. The summed E-state index contributed by atoms with van der Waals surface area (Å²) in [6.07, 6.45) is 6.18. The standard InChI is InChI=1S/C21H25NO/c1-23-18-10-7-15(8-11-18)14-17-5-2-4-16-9-12-20-19(21(16)17)6-3-13-22-20/h2,4-5,7-8,10-11,19-20,22H,3,6,9,12-14H2,1H3/t19-,20-/m1/s1. The summed E-state index contributed by atoms with van der Waals surface area (Å²) in [4.78, 5) is 0. The second-order valence-corrected chi connectivity index (χ2v) is 6.86. The lowest BCUT2D eigenvalue weighted by molar-refractivity contribution is 0.318. The van der Waals surface area contributed by atoms with Crippen molar-refractivity contribution < 1.29 is 4.74 Å². The summed E-state index contributed by atoms with van der Waals surface area (Å²) in [5.41, 5.74) is 6.11. The smallest absolute Gasteiger partial charge is 0.118 e. The fourth-order valence-corrected chi connectivity index (χ4v) is 4.39. The number of methoxy groups -OCH3 is 1. The number of hydrogen-bond donors (Lipinski definition) is 1. The van der Waals surface area contributed by atoms with Gasteiger partial charge in [0, 0.05) is 6.04 Å². The normalized spacial score (nSPS) is 23.0. The molecule has 1 fully saturated rings. The van der Waals surface area contributed by atoms with Gasteiger partial charge in [0.05, 0.1) is 7.11 Å². The molecule has 4 rings (SSSR count). The molecule has 0 bridgehead atoms. The van der Waals surface area contributed by atoms with Gasteiger partial charge in [0.1, 0.15) is 5.75 Å². The topological polar surface area (TPSA) is 21.3 Å². The van der Waals surface area contributed by atoms with Crippen LogP contribution in [0.2, 0.25) is 0 Å². The second-order valence-electron chi connectivity index (χ2n) is 6.86. The number of fused-ring (bicyclic) bond motifs is 3. The van der Waals surface area contributed by atoms with Crippen molar-refractivity contribution in [2.75, 3.05) is 13.7 Å². The van der Waals surface area contributed by atoms with Crippen molar-refractivity contribution in [2.24, 2.45) is 0 Å². The first-order valence-electron chi connectivity index (χ1n) is 8.82. The first-order chi connectivity index (χ1) is 11.3. The van der Waals surface area contributed by atoms with Crippen molar-refractivity contribution in [1.82, 2.24) is 5.32 Å². The van der Waals surface area contributed by atoms with Crippen LogP contribution in [0.1, 0.15) is 47.4 Å². The van der Waals surface area contributed by atoms with Crippen molar-refractivity contribution in [3.8, 4) is 5.75 Å². The predicted molar refractivity (Wildman–Crippen MR) is 94.3 cm³/mol. The van der Waals surface area contributed by atoms with Crippen LogP contribution < -0.4 is 10.1 Å². The third kappa shape index (κ3) is 2.88. The molecule has 1 saturated heterocycles. The van der Waals surface area contributed by atoms with Gasteiger partial charge >= 0.3 is 0 Å². The lowest BCUT2D eigenvalue weighted by Gasteiger charge is -2.39. The molecule has 2 aromatic rings. The van der Waals surface area contributed by atoms with E-state index in [2.05, 4.69) is 47.8 Å². The highest BCUT2D eigenvalue weighted by Gasteiger charge is 2.32. The van der Waals surface area contributed by atoms with Crippen molar-refractivity contribution in [3.05, 3.63) is 64.7 Å². The monoisotopic (exact) mass is 307 g/mol. The van der Waals surface area contributed by atoms with Crippen molar-refractivity contribution in [2.45, 2.75) is 44.1 Å². The summed E-state index contributed by atoms with van der Waals surface area (Å²) in [5, 5.41) is 3.75. The Bertz CT molecular complexity index is 677. The Labute approximate surface area is 138 Å². The number of piperidine rings is 1. The zero-order chi connectivity index (χ0) is 15.6. The van der Waals surface area contributed by atoms with Gasteiger partial charge in [0.25, 0.3) is 0 Å². The zero-order valence-corrected chi connectivity index (χ0v) is 13.8. The number of nitrogens with one attached hydrogen (secondary N) is 1. The zero-order valence-electron chi connectivity index (χ0n) is 13.8. The van der Waals surface area contributed by atoms with E-state index in [1.165, 1.54) is 43.4 Å². The molecule has 0 unspecified atom stereocenters. The molecule has 2 aromatic carbocycles. The molecule has 2 nitrogen and oxygen atoms in total. The van der Waals surface area contributed by atoms with Gasteiger partial charge in [-0.15, -0.1) is 0 Å². The summed E-state index contributed by atoms with van der Waals surface area (Å²) in [6, 6.07) is 16.1. The lowest BCUT2D eigenvalue weighted by atomic mass is 9.73. The minimum Gasteiger partial charge on any atom is -0.497 e. The van der Waals surface area contributed by atoms with Gasteiger partial charge in [0.15, 0.2) is 0 Å². The van der Waals surface area contributed by atoms with E-state index < -0.39 is 0 Å². The number of rotatable bonds is 3. The van der Waals surface area contributed by atoms with Crippen molar-refractivity contribution in [1.29, 1.82) is 0 Å². The summed E-state index contributed by atoms with van der Waals surface area (Å²) >= 11 is 0. The molecule has 0 saturated carbocycles. The average Bonchev–Trinajstić information content (AvgIpc) is 2.62. The van der Waals surface area contributed by atoms with Crippen LogP contribution in [0.4, 0.5) is 0 Å². The van der Waals surface area contributed by atoms with Crippen molar-refractivity contribution in [3.63, 3.8) is 0 Å². The predicted octanol–water partition coefficient (Wildman–Crippen LogP) is 4.07. The average molecular weight is 307 g/mol. The first-order valence-corrected chi connectivity index (χ1v) is 8.82. The van der Waals surface area contributed by atoms with E-state index in [9.17, 15) is 0 Å². The molecule has 1 heterocycles. The van der Waals surface area contributed by atoms with Gasteiger partial charge in [-0.25, -0.2) is 0 Å². The largest absolute Gasteiger partial charge is 0.497 e. The second kappa shape index (κ2) is 6.37. The highest BCUT2D eigenvalue weighted by atomic mass is 16.5. The third-order valence-electron chi connectivity index (χ3n) is 5.52.